The van der Waals surface area contributed by atoms with Crippen LogP contribution in [0.1, 0.15) is 5.56 Å². The van der Waals surface area contributed by atoms with Crippen molar-refractivity contribution in [3.8, 4) is 11.5 Å². The van der Waals surface area contributed by atoms with E-state index in [2.05, 4.69) is 15.5 Å². The number of hydrogen-bond acceptors (Lipinski definition) is 7. The van der Waals surface area contributed by atoms with Crippen molar-refractivity contribution in [2.75, 3.05) is 6.79 Å². The lowest BCUT2D eigenvalue weighted by atomic mass is 10.2. The molecule has 28 heavy (non-hydrogen) atoms. The number of carbonyl (C=O) groups is 1. The van der Waals surface area contributed by atoms with Gasteiger partial charge in [-0.05, 0) is 23.8 Å². The van der Waals surface area contributed by atoms with E-state index in [1.54, 1.807) is 18.2 Å². The average Bonchev–Trinajstić information content (AvgIpc) is 3.31. The second kappa shape index (κ2) is 6.68. The Morgan fingerprint density at radius 3 is 2.86 bits per heavy atom. The smallest absolute Gasteiger partial charge is 0.332 e. The number of rotatable bonds is 4. The molecule has 4 rings (SSSR count). The van der Waals surface area contributed by atoms with Crippen molar-refractivity contribution in [2.24, 2.45) is 19.2 Å². The maximum Gasteiger partial charge on any atom is 0.332 e. The van der Waals surface area contributed by atoms with E-state index < -0.39 is 17.2 Å². The second-order valence-electron chi connectivity index (χ2n) is 6.16. The summed E-state index contributed by atoms with van der Waals surface area (Å²) in [5, 5.41) is 3.91. The van der Waals surface area contributed by atoms with Crippen LogP contribution in [0, 0.1) is 0 Å². The lowest BCUT2D eigenvalue weighted by Gasteiger charge is -2.07. The molecule has 0 fully saturated rings. The normalized spacial score (nSPS) is 12.8. The Balaban J connectivity index is 1.50. The summed E-state index contributed by atoms with van der Waals surface area (Å²) >= 11 is 0. The van der Waals surface area contributed by atoms with Crippen LogP contribution in [0.3, 0.4) is 0 Å². The topological polar surface area (TPSA) is 122 Å². The number of hydrogen-bond donors (Lipinski definition) is 1. The summed E-state index contributed by atoms with van der Waals surface area (Å²) < 4.78 is 14.2. The zero-order chi connectivity index (χ0) is 19.8. The number of aromatic nitrogens is 4. The Bertz CT molecular complexity index is 1240. The van der Waals surface area contributed by atoms with E-state index in [0.29, 0.717) is 11.5 Å². The van der Waals surface area contributed by atoms with E-state index in [1.807, 2.05) is 0 Å². The molecule has 0 bridgehead atoms. The highest BCUT2D eigenvalue weighted by atomic mass is 16.7. The van der Waals surface area contributed by atoms with E-state index in [4.69, 9.17) is 9.47 Å². The largest absolute Gasteiger partial charge is 0.454 e. The number of carbonyl (C=O) groups excluding carboxylic acids is 1. The lowest BCUT2D eigenvalue weighted by molar-refractivity contribution is -0.121. The van der Waals surface area contributed by atoms with Gasteiger partial charge in [-0.3, -0.25) is 18.7 Å². The van der Waals surface area contributed by atoms with Gasteiger partial charge < -0.3 is 14.0 Å². The quantitative estimate of drug-likeness (QED) is 0.470. The molecule has 0 atom stereocenters. The molecule has 1 aliphatic rings. The minimum absolute atomic E-state index is 0.112. The van der Waals surface area contributed by atoms with Gasteiger partial charge in [-0.2, -0.15) is 5.10 Å². The molecule has 1 N–H and O–H groups in total. The zero-order valence-electron chi connectivity index (χ0n) is 15.1. The highest BCUT2D eigenvalue weighted by Gasteiger charge is 2.16. The van der Waals surface area contributed by atoms with Gasteiger partial charge in [0.25, 0.3) is 11.5 Å². The first-order valence-corrected chi connectivity index (χ1v) is 8.28. The Hall–Kier alpha value is -3.89. The molecular weight excluding hydrogens is 368 g/mol. The fourth-order valence-electron chi connectivity index (χ4n) is 2.92. The number of nitrogens with zero attached hydrogens (tertiary/aromatic N) is 5. The average molecular weight is 384 g/mol. The first kappa shape index (κ1) is 17.5. The van der Waals surface area contributed by atoms with Crippen LogP contribution < -0.4 is 26.1 Å². The second-order valence-corrected chi connectivity index (χ2v) is 6.16. The summed E-state index contributed by atoms with van der Waals surface area (Å²) in [7, 11) is 2.89. The first-order valence-electron chi connectivity index (χ1n) is 8.28. The fourth-order valence-corrected chi connectivity index (χ4v) is 2.92. The number of benzene rings is 1. The summed E-state index contributed by atoms with van der Waals surface area (Å²) in [6.07, 6.45) is 2.81. The van der Waals surface area contributed by atoms with E-state index in [-0.39, 0.29) is 24.5 Å². The van der Waals surface area contributed by atoms with Crippen LogP contribution in [0.25, 0.3) is 11.2 Å². The summed E-state index contributed by atoms with van der Waals surface area (Å²) in [5.74, 6) is 0.831. The van der Waals surface area contributed by atoms with Gasteiger partial charge in [-0.1, -0.05) is 0 Å². The molecule has 144 valence electrons. The molecule has 0 saturated carbocycles. The molecule has 1 aromatic carbocycles. The molecule has 0 saturated heterocycles. The van der Waals surface area contributed by atoms with E-state index in [0.717, 1.165) is 10.1 Å². The van der Waals surface area contributed by atoms with Crippen molar-refractivity contribution >= 4 is 23.3 Å². The van der Waals surface area contributed by atoms with Crippen LogP contribution >= 0.6 is 0 Å². The molecule has 0 radical (unpaired) electrons. The van der Waals surface area contributed by atoms with Crippen LogP contribution in [0.4, 0.5) is 0 Å². The first-order chi connectivity index (χ1) is 13.5. The maximum atomic E-state index is 12.2. The van der Waals surface area contributed by atoms with Crippen molar-refractivity contribution in [1.82, 2.24) is 24.1 Å². The van der Waals surface area contributed by atoms with Gasteiger partial charge in [0.1, 0.15) is 12.2 Å². The van der Waals surface area contributed by atoms with Crippen LogP contribution in [-0.2, 0) is 25.4 Å². The van der Waals surface area contributed by atoms with Crippen molar-refractivity contribution < 1.29 is 14.3 Å². The summed E-state index contributed by atoms with van der Waals surface area (Å²) in [6.45, 7) is 0.0204. The monoisotopic (exact) mass is 384 g/mol. The Morgan fingerprint density at radius 2 is 2.04 bits per heavy atom. The Kier molecular flexibility index (Phi) is 4.18. The molecule has 11 heteroatoms. The molecule has 3 heterocycles. The number of ether oxygens (including phenoxy) is 2. The minimum atomic E-state index is -0.516. The number of imidazole rings is 1. The predicted octanol–water partition coefficient (Wildman–Crippen LogP) is -0.687. The maximum absolute atomic E-state index is 12.2. The van der Waals surface area contributed by atoms with E-state index in [1.165, 1.54) is 35.8 Å². The van der Waals surface area contributed by atoms with Crippen molar-refractivity contribution in [1.29, 1.82) is 0 Å². The molecule has 1 aliphatic heterocycles. The third kappa shape index (κ3) is 2.92. The van der Waals surface area contributed by atoms with Crippen LogP contribution in [0.5, 0.6) is 11.5 Å². The SMILES string of the molecule is Cn1c(=O)c2ncn(CC(=O)NN=Cc3ccc4c(c3)OCO4)c2n(C)c1=O. The molecule has 1 amide bonds. The van der Waals surface area contributed by atoms with Crippen LogP contribution in [-0.4, -0.2) is 37.6 Å². The van der Waals surface area contributed by atoms with Crippen LogP contribution in [0.2, 0.25) is 0 Å². The number of amides is 1. The van der Waals surface area contributed by atoms with Gasteiger partial charge in [-0.15, -0.1) is 0 Å². The molecular formula is C17H16N6O5. The van der Waals surface area contributed by atoms with Gasteiger partial charge in [0, 0.05) is 14.1 Å². The summed E-state index contributed by atoms with van der Waals surface area (Å²) in [6, 6.07) is 5.27. The van der Waals surface area contributed by atoms with Crippen molar-refractivity contribution in [2.45, 2.75) is 6.54 Å². The molecule has 11 nitrogen and oxygen atoms in total. The van der Waals surface area contributed by atoms with Crippen molar-refractivity contribution in [3.63, 3.8) is 0 Å². The Labute approximate surface area is 157 Å². The molecule has 2 aromatic heterocycles. The summed E-state index contributed by atoms with van der Waals surface area (Å²) in [4.78, 5) is 40.4. The highest BCUT2D eigenvalue weighted by molar-refractivity contribution is 5.83. The number of hydrazone groups is 1. The number of nitrogens with one attached hydrogen (secondary N) is 1. The Morgan fingerprint density at radius 1 is 1.25 bits per heavy atom. The summed E-state index contributed by atoms with van der Waals surface area (Å²) in [5.41, 5.74) is 2.49. The fraction of sp³-hybridized carbons (Fsp3) is 0.235. The number of fused-ring (bicyclic) bond motifs is 2. The third-order valence-corrected chi connectivity index (χ3v) is 4.32. The molecule has 0 aliphatic carbocycles. The predicted molar refractivity (Wildman–Crippen MR) is 98.5 cm³/mol. The number of aryl methyl sites for hydroxylation is 1. The van der Waals surface area contributed by atoms with Crippen molar-refractivity contribution in [3.05, 3.63) is 50.9 Å². The van der Waals surface area contributed by atoms with Gasteiger partial charge in [-0.25, -0.2) is 15.2 Å². The van der Waals surface area contributed by atoms with Crippen LogP contribution in [0.15, 0.2) is 39.2 Å². The molecule has 3 aromatic rings. The third-order valence-electron chi connectivity index (χ3n) is 4.32. The highest BCUT2D eigenvalue weighted by Crippen LogP contribution is 2.31. The van der Waals surface area contributed by atoms with E-state index >= 15 is 0 Å². The minimum Gasteiger partial charge on any atom is -0.454 e. The van der Waals surface area contributed by atoms with Gasteiger partial charge in [0.2, 0.25) is 6.79 Å². The van der Waals surface area contributed by atoms with Gasteiger partial charge in [0.15, 0.2) is 17.0 Å². The van der Waals surface area contributed by atoms with Gasteiger partial charge >= 0.3 is 5.69 Å². The molecule has 0 unspecified atom stereocenters. The van der Waals surface area contributed by atoms with E-state index in [9.17, 15) is 14.4 Å². The lowest BCUT2D eigenvalue weighted by Crippen LogP contribution is -2.37. The molecule has 0 spiro atoms. The zero-order valence-corrected chi connectivity index (χ0v) is 15.1. The standard InChI is InChI=1S/C17H16N6O5/c1-21-15-14(16(25)22(2)17(21)26)18-8-23(15)7-13(24)20-19-6-10-3-4-11-12(5-10)28-9-27-11/h3-6,8H,7,9H2,1-2H3,(H,20,24). The van der Waals surface area contributed by atoms with Gasteiger partial charge in [0.05, 0.1) is 12.5 Å².